The van der Waals surface area contributed by atoms with Gasteiger partial charge in [-0.05, 0) is 86.4 Å². The second-order valence-electron chi connectivity index (χ2n) is 7.94. The van der Waals surface area contributed by atoms with E-state index in [0.29, 0.717) is 13.3 Å². The molecule has 0 aliphatic carbocycles. The molecule has 2 heterocycles. The summed E-state index contributed by atoms with van der Waals surface area (Å²) in [6, 6.07) is 12.7. The molecule has 2 N–H and O–H groups in total. The van der Waals surface area contributed by atoms with Crippen LogP contribution < -0.4 is 0 Å². The van der Waals surface area contributed by atoms with E-state index in [2.05, 4.69) is 16.4 Å². The van der Waals surface area contributed by atoms with Crippen molar-refractivity contribution in [2.45, 2.75) is 39.3 Å². The third kappa shape index (κ3) is 4.41. The third-order valence-electron chi connectivity index (χ3n) is 5.91. The van der Waals surface area contributed by atoms with E-state index in [1.165, 1.54) is 38.8 Å². The normalized spacial score (nSPS) is 15.6. The Morgan fingerprint density at radius 1 is 0.897 bits per heavy atom. The molecule has 154 valence electrons. The number of phenolic OH excluding ortho intramolecular Hbond substituents is 2. The molecule has 1 aromatic heterocycles. The number of hydrogen-bond acceptors (Lipinski definition) is 4. The summed E-state index contributed by atoms with van der Waals surface area (Å²) in [7, 11) is 0. The van der Waals surface area contributed by atoms with Gasteiger partial charge in [0, 0.05) is 11.9 Å². The van der Waals surface area contributed by atoms with Crippen LogP contribution in [0, 0.1) is 6.92 Å². The standard InChI is InChI=1S/C24H30N2O3/c1-18-22-16-21(28)10-11-23(22)26(24(18)19-6-8-20(27)9-7-19)17-29-15-14-25-12-4-2-3-5-13-25/h6-11,16,27-28H,2-5,12-15,17H2,1H3. The Balaban J connectivity index is 1.56. The Kier molecular flexibility index (Phi) is 6.07. The minimum atomic E-state index is 0.250. The second kappa shape index (κ2) is 8.89. The van der Waals surface area contributed by atoms with Gasteiger partial charge >= 0.3 is 0 Å². The maximum atomic E-state index is 9.96. The molecule has 0 atom stereocenters. The molecule has 1 saturated heterocycles. The molecular weight excluding hydrogens is 364 g/mol. The van der Waals surface area contributed by atoms with Crippen molar-refractivity contribution in [3.8, 4) is 22.8 Å². The van der Waals surface area contributed by atoms with Crippen molar-refractivity contribution in [1.29, 1.82) is 0 Å². The number of fused-ring (bicyclic) bond motifs is 1. The molecule has 0 radical (unpaired) electrons. The van der Waals surface area contributed by atoms with Gasteiger partial charge in [-0.15, -0.1) is 0 Å². The van der Waals surface area contributed by atoms with Crippen LogP contribution in [0.15, 0.2) is 42.5 Å². The number of nitrogens with zero attached hydrogens (tertiary/aromatic N) is 2. The maximum Gasteiger partial charge on any atom is 0.123 e. The highest BCUT2D eigenvalue weighted by atomic mass is 16.5. The topological polar surface area (TPSA) is 57.9 Å². The van der Waals surface area contributed by atoms with Gasteiger partial charge in [-0.25, -0.2) is 0 Å². The summed E-state index contributed by atoms with van der Waals surface area (Å²) in [4.78, 5) is 2.50. The summed E-state index contributed by atoms with van der Waals surface area (Å²) in [5.74, 6) is 0.512. The molecule has 3 aromatic rings. The van der Waals surface area contributed by atoms with Crippen LogP contribution in [0.5, 0.6) is 11.5 Å². The van der Waals surface area contributed by atoms with Gasteiger partial charge in [0.25, 0.3) is 0 Å². The van der Waals surface area contributed by atoms with E-state index in [1.54, 1.807) is 18.2 Å². The van der Waals surface area contributed by atoms with Gasteiger partial charge in [0.05, 0.1) is 17.8 Å². The quantitative estimate of drug-likeness (QED) is 0.585. The lowest BCUT2D eigenvalue weighted by molar-refractivity contribution is 0.0614. The molecule has 0 spiro atoms. The number of likely N-dealkylation sites (tertiary alicyclic amines) is 1. The fraction of sp³-hybridized carbons (Fsp3) is 0.417. The maximum absolute atomic E-state index is 9.96. The van der Waals surface area contributed by atoms with Crippen molar-refractivity contribution in [3.05, 3.63) is 48.0 Å². The molecule has 0 unspecified atom stereocenters. The first kappa shape index (κ1) is 19.8. The fourth-order valence-corrected chi connectivity index (χ4v) is 4.35. The van der Waals surface area contributed by atoms with Gasteiger partial charge in [-0.2, -0.15) is 0 Å². The average molecular weight is 395 g/mol. The second-order valence-corrected chi connectivity index (χ2v) is 7.94. The van der Waals surface area contributed by atoms with Crippen molar-refractivity contribution in [2.24, 2.45) is 0 Å². The van der Waals surface area contributed by atoms with E-state index in [0.717, 1.165) is 34.3 Å². The summed E-state index contributed by atoms with van der Waals surface area (Å²) in [6.45, 7) is 6.54. The molecule has 2 aromatic carbocycles. The van der Waals surface area contributed by atoms with E-state index in [4.69, 9.17) is 4.74 Å². The number of aromatic hydroxyl groups is 2. The molecular formula is C24H30N2O3. The first-order valence-corrected chi connectivity index (χ1v) is 10.5. The number of phenols is 2. The molecule has 0 amide bonds. The number of ether oxygens (including phenoxy) is 1. The first-order chi connectivity index (χ1) is 14.1. The van der Waals surface area contributed by atoms with E-state index in [-0.39, 0.29) is 11.5 Å². The molecule has 29 heavy (non-hydrogen) atoms. The molecule has 0 bridgehead atoms. The van der Waals surface area contributed by atoms with Crippen molar-refractivity contribution >= 4 is 10.9 Å². The van der Waals surface area contributed by atoms with Gasteiger partial charge in [0.1, 0.15) is 18.2 Å². The number of hydrogen-bond donors (Lipinski definition) is 2. The number of aromatic nitrogens is 1. The predicted molar refractivity (Wildman–Crippen MR) is 116 cm³/mol. The highest BCUT2D eigenvalue weighted by Gasteiger charge is 2.17. The SMILES string of the molecule is Cc1c(-c2ccc(O)cc2)n(COCCN2CCCCCC2)c2ccc(O)cc12. The van der Waals surface area contributed by atoms with Gasteiger partial charge in [-0.1, -0.05) is 12.8 Å². The Morgan fingerprint density at radius 2 is 1.59 bits per heavy atom. The van der Waals surface area contributed by atoms with Crippen LogP contribution >= 0.6 is 0 Å². The number of aryl methyl sites for hydroxylation is 1. The van der Waals surface area contributed by atoms with Crippen LogP contribution in [-0.2, 0) is 11.5 Å². The molecule has 4 rings (SSSR count). The smallest absolute Gasteiger partial charge is 0.123 e. The molecule has 1 aliphatic rings. The van der Waals surface area contributed by atoms with Crippen LogP contribution in [0.3, 0.4) is 0 Å². The summed E-state index contributed by atoms with van der Waals surface area (Å²) in [5.41, 5.74) is 4.21. The third-order valence-corrected chi connectivity index (χ3v) is 5.91. The van der Waals surface area contributed by atoms with Crippen LogP contribution in [0.1, 0.15) is 31.2 Å². The van der Waals surface area contributed by atoms with Crippen molar-refractivity contribution in [3.63, 3.8) is 0 Å². The van der Waals surface area contributed by atoms with E-state index in [9.17, 15) is 10.2 Å². The Hall–Kier alpha value is -2.50. The van der Waals surface area contributed by atoms with Gasteiger partial charge in [-0.3, -0.25) is 0 Å². The summed E-state index contributed by atoms with van der Waals surface area (Å²) in [5, 5.41) is 20.6. The Morgan fingerprint density at radius 3 is 2.31 bits per heavy atom. The Labute approximate surface area is 172 Å². The van der Waals surface area contributed by atoms with Crippen molar-refractivity contribution < 1.29 is 14.9 Å². The van der Waals surface area contributed by atoms with Gasteiger partial charge in [0.2, 0.25) is 0 Å². The lowest BCUT2D eigenvalue weighted by Crippen LogP contribution is -2.28. The van der Waals surface area contributed by atoms with E-state index < -0.39 is 0 Å². The minimum Gasteiger partial charge on any atom is -0.508 e. The molecule has 1 fully saturated rings. The predicted octanol–water partition coefficient (Wildman–Crippen LogP) is 4.88. The van der Waals surface area contributed by atoms with Crippen molar-refractivity contribution in [1.82, 2.24) is 9.47 Å². The zero-order valence-electron chi connectivity index (χ0n) is 17.1. The summed E-state index contributed by atoms with van der Waals surface area (Å²) >= 11 is 0. The minimum absolute atomic E-state index is 0.250. The van der Waals surface area contributed by atoms with Crippen LogP contribution in [0.2, 0.25) is 0 Å². The highest BCUT2D eigenvalue weighted by Crippen LogP contribution is 2.35. The molecule has 5 nitrogen and oxygen atoms in total. The number of rotatable bonds is 6. The monoisotopic (exact) mass is 394 g/mol. The van der Waals surface area contributed by atoms with Crippen LogP contribution in [-0.4, -0.2) is 45.9 Å². The van der Waals surface area contributed by atoms with Crippen molar-refractivity contribution in [2.75, 3.05) is 26.2 Å². The molecule has 0 saturated carbocycles. The zero-order valence-corrected chi connectivity index (χ0v) is 17.1. The van der Waals surface area contributed by atoms with Gasteiger partial charge < -0.3 is 24.4 Å². The average Bonchev–Trinajstić information content (AvgIpc) is 2.88. The Bertz CT molecular complexity index is 954. The van der Waals surface area contributed by atoms with Crippen LogP contribution in [0.4, 0.5) is 0 Å². The summed E-state index contributed by atoms with van der Waals surface area (Å²) < 4.78 is 8.28. The molecule has 1 aliphatic heterocycles. The molecule has 5 heteroatoms. The number of benzene rings is 2. The van der Waals surface area contributed by atoms with Gasteiger partial charge in [0.15, 0.2) is 0 Å². The first-order valence-electron chi connectivity index (χ1n) is 10.5. The highest BCUT2D eigenvalue weighted by molar-refractivity contribution is 5.92. The fourth-order valence-electron chi connectivity index (χ4n) is 4.35. The van der Waals surface area contributed by atoms with E-state index >= 15 is 0 Å². The lowest BCUT2D eigenvalue weighted by Gasteiger charge is -2.20. The van der Waals surface area contributed by atoms with E-state index in [1.807, 2.05) is 24.3 Å². The zero-order chi connectivity index (χ0) is 20.2. The lowest BCUT2D eigenvalue weighted by atomic mass is 10.1. The van der Waals surface area contributed by atoms with Crippen LogP contribution in [0.25, 0.3) is 22.2 Å². The summed E-state index contributed by atoms with van der Waals surface area (Å²) in [6.07, 6.45) is 5.26. The largest absolute Gasteiger partial charge is 0.508 e.